The zero-order valence-corrected chi connectivity index (χ0v) is 14.4. The van der Waals surface area contributed by atoms with Crippen LogP contribution in [0.5, 0.6) is 5.75 Å². The van der Waals surface area contributed by atoms with E-state index in [0.29, 0.717) is 16.5 Å². The Morgan fingerprint density at radius 3 is 2.88 bits per heavy atom. The van der Waals surface area contributed by atoms with Crippen LogP contribution in [0.1, 0.15) is 24.2 Å². The predicted octanol–water partition coefficient (Wildman–Crippen LogP) is 4.98. The second-order valence-corrected chi connectivity index (χ2v) is 6.59. The number of furan rings is 1. The average molecular weight is 356 g/mol. The van der Waals surface area contributed by atoms with Crippen molar-refractivity contribution in [1.29, 1.82) is 0 Å². The van der Waals surface area contributed by atoms with E-state index in [0.717, 1.165) is 29.6 Å². The zero-order valence-electron chi connectivity index (χ0n) is 13.7. The lowest BCUT2D eigenvalue weighted by Crippen LogP contribution is -2.20. The number of benzene rings is 2. The fourth-order valence-electron chi connectivity index (χ4n) is 3.23. The maximum Gasteiger partial charge on any atom is 0.262 e. The molecule has 1 amide bonds. The molecule has 4 rings (SSSR count). The van der Waals surface area contributed by atoms with Crippen LogP contribution in [-0.4, -0.2) is 12.5 Å². The lowest BCUT2D eigenvalue weighted by Gasteiger charge is -2.10. The van der Waals surface area contributed by atoms with Crippen LogP contribution in [0.4, 0.5) is 5.69 Å². The lowest BCUT2D eigenvalue weighted by molar-refractivity contribution is -0.118. The molecule has 1 aliphatic carbocycles. The number of hydrogen-bond acceptors (Lipinski definition) is 3. The van der Waals surface area contributed by atoms with Gasteiger partial charge in [0.2, 0.25) is 0 Å². The highest BCUT2D eigenvalue weighted by Crippen LogP contribution is 2.33. The van der Waals surface area contributed by atoms with E-state index < -0.39 is 0 Å². The van der Waals surface area contributed by atoms with Crippen LogP contribution in [0.25, 0.3) is 11.0 Å². The highest BCUT2D eigenvalue weighted by atomic mass is 35.5. The molecule has 0 radical (unpaired) electrons. The molecule has 128 valence electrons. The highest BCUT2D eigenvalue weighted by Gasteiger charge is 2.18. The van der Waals surface area contributed by atoms with Crippen molar-refractivity contribution in [1.82, 2.24) is 0 Å². The van der Waals surface area contributed by atoms with Crippen molar-refractivity contribution in [3.8, 4) is 5.75 Å². The van der Waals surface area contributed by atoms with Crippen LogP contribution in [0.15, 0.2) is 46.9 Å². The molecule has 0 unspecified atom stereocenters. The third-order valence-corrected chi connectivity index (χ3v) is 4.77. The third kappa shape index (κ3) is 3.35. The van der Waals surface area contributed by atoms with Gasteiger partial charge in [-0.2, -0.15) is 0 Å². The van der Waals surface area contributed by atoms with Crippen molar-refractivity contribution in [2.45, 2.75) is 25.7 Å². The molecule has 0 saturated carbocycles. The maximum absolute atomic E-state index is 12.1. The predicted molar refractivity (Wildman–Crippen MR) is 98.4 cm³/mol. The molecular formula is C20H18ClNO3. The van der Waals surface area contributed by atoms with Gasteiger partial charge in [-0.25, -0.2) is 0 Å². The Kier molecular flexibility index (Phi) is 4.36. The monoisotopic (exact) mass is 355 g/mol. The van der Waals surface area contributed by atoms with E-state index in [4.69, 9.17) is 20.8 Å². The van der Waals surface area contributed by atoms with Gasteiger partial charge in [-0.1, -0.05) is 23.7 Å². The Morgan fingerprint density at radius 2 is 2.00 bits per heavy atom. The maximum atomic E-state index is 12.1. The van der Waals surface area contributed by atoms with Gasteiger partial charge in [0, 0.05) is 17.4 Å². The molecule has 0 atom stereocenters. The van der Waals surface area contributed by atoms with E-state index in [1.807, 2.05) is 30.3 Å². The number of anilines is 1. The normalized spacial score (nSPS) is 13.5. The number of ether oxygens (including phenoxy) is 1. The molecule has 1 aliphatic rings. The number of carbonyl (C=O) groups excluding carboxylic acids is 1. The van der Waals surface area contributed by atoms with Gasteiger partial charge in [0.15, 0.2) is 6.61 Å². The molecule has 1 aromatic heterocycles. The summed E-state index contributed by atoms with van der Waals surface area (Å²) in [6.45, 7) is -0.0726. The summed E-state index contributed by atoms with van der Waals surface area (Å²) in [4.78, 5) is 12.1. The van der Waals surface area contributed by atoms with E-state index in [1.54, 1.807) is 12.1 Å². The summed E-state index contributed by atoms with van der Waals surface area (Å²) in [7, 11) is 0. The molecule has 2 aromatic carbocycles. The Morgan fingerprint density at radius 1 is 1.16 bits per heavy atom. The summed E-state index contributed by atoms with van der Waals surface area (Å²) in [5.74, 6) is 1.51. The second kappa shape index (κ2) is 6.81. The molecule has 0 spiro atoms. The van der Waals surface area contributed by atoms with Gasteiger partial charge in [0.05, 0.1) is 10.7 Å². The van der Waals surface area contributed by atoms with Gasteiger partial charge in [0.25, 0.3) is 5.91 Å². The first kappa shape index (κ1) is 16.0. The average Bonchev–Trinajstić information content (AvgIpc) is 3.00. The summed E-state index contributed by atoms with van der Waals surface area (Å²) in [6.07, 6.45) is 4.41. The quantitative estimate of drug-likeness (QED) is 0.717. The third-order valence-electron chi connectivity index (χ3n) is 4.44. The first-order valence-electron chi connectivity index (χ1n) is 8.42. The molecule has 0 fully saturated rings. The van der Waals surface area contributed by atoms with Gasteiger partial charge in [-0.15, -0.1) is 0 Å². The first-order chi connectivity index (χ1) is 12.2. The number of amides is 1. The Bertz CT molecular complexity index is 932. The summed E-state index contributed by atoms with van der Waals surface area (Å²) in [5, 5.41) is 4.35. The van der Waals surface area contributed by atoms with Crippen molar-refractivity contribution in [2.24, 2.45) is 0 Å². The molecule has 0 saturated heterocycles. The zero-order chi connectivity index (χ0) is 17.2. The van der Waals surface area contributed by atoms with Crippen LogP contribution in [0, 0.1) is 0 Å². The van der Waals surface area contributed by atoms with Gasteiger partial charge in [0.1, 0.15) is 17.1 Å². The van der Waals surface area contributed by atoms with Crippen LogP contribution >= 0.6 is 11.6 Å². The number of aryl methyl sites for hydroxylation is 2. The molecule has 1 heterocycles. The number of rotatable bonds is 4. The topological polar surface area (TPSA) is 51.5 Å². The van der Waals surface area contributed by atoms with Crippen molar-refractivity contribution < 1.29 is 13.9 Å². The molecule has 25 heavy (non-hydrogen) atoms. The van der Waals surface area contributed by atoms with Crippen LogP contribution < -0.4 is 10.1 Å². The number of hydrogen-bond donors (Lipinski definition) is 1. The molecular weight excluding hydrogens is 338 g/mol. The summed E-state index contributed by atoms with van der Waals surface area (Å²) in [5.41, 5.74) is 2.75. The van der Waals surface area contributed by atoms with Crippen molar-refractivity contribution in [2.75, 3.05) is 11.9 Å². The standard InChI is InChI=1S/C20H18ClNO3/c21-16-6-2-3-7-17(16)22-20(23)12-24-13-9-10-19-15(11-13)14-5-1-4-8-18(14)25-19/h2-3,6-7,9-11H,1,4-5,8,12H2,(H,22,23). The summed E-state index contributed by atoms with van der Waals surface area (Å²) in [6, 6.07) is 12.8. The molecule has 1 N–H and O–H groups in total. The Balaban J connectivity index is 1.46. The van der Waals surface area contributed by atoms with Gasteiger partial charge < -0.3 is 14.5 Å². The molecule has 4 nitrogen and oxygen atoms in total. The largest absolute Gasteiger partial charge is 0.484 e. The molecule has 0 bridgehead atoms. The van der Waals surface area contributed by atoms with E-state index in [-0.39, 0.29) is 12.5 Å². The number of para-hydroxylation sites is 1. The SMILES string of the molecule is O=C(COc1ccc2oc3c(c2c1)CCCC3)Nc1ccccc1Cl. The number of carbonyl (C=O) groups is 1. The highest BCUT2D eigenvalue weighted by molar-refractivity contribution is 6.33. The fraction of sp³-hybridized carbons (Fsp3) is 0.250. The van der Waals surface area contributed by atoms with Gasteiger partial charge in [-0.3, -0.25) is 4.79 Å². The van der Waals surface area contributed by atoms with Crippen LogP contribution in [0.2, 0.25) is 5.02 Å². The lowest BCUT2D eigenvalue weighted by atomic mass is 9.96. The van der Waals surface area contributed by atoms with E-state index in [9.17, 15) is 4.79 Å². The first-order valence-corrected chi connectivity index (χ1v) is 8.80. The number of fused-ring (bicyclic) bond motifs is 3. The van der Waals surface area contributed by atoms with Gasteiger partial charge >= 0.3 is 0 Å². The van der Waals surface area contributed by atoms with Crippen LogP contribution in [0.3, 0.4) is 0 Å². The summed E-state index contributed by atoms with van der Waals surface area (Å²) >= 11 is 6.04. The van der Waals surface area contributed by atoms with Gasteiger partial charge in [-0.05, 0) is 49.6 Å². The summed E-state index contributed by atoms with van der Waals surface area (Å²) < 4.78 is 11.6. The van der Waals surface area contributed by atoms with Crippen molar-refractivity contribution >= 4 is 34.2 Å². The minimum absolute atomic E-state index is 0.0726. The smallest absolute Gasteiger partial charge is 0.262 e. The number of nitrogens with one attached hydrogen (secondary N) is 1. The van der Waals surface area contributed by atoms with Crippen molar-refractivity contribution in [3.05, 3.63) is 58.8 Å². The Hall–Kier alpha value is -2.46. The minimum Gasteiger partial charge on any atom is -0.484 e. The molecule has 0 aliphatic heterocycles. The molecule has 5 heteroatoms. The van der Waals surface area contributed by atoms with E-state index in [1.165, 1.54) is 18.4 Å². The number of halogens is 1. The second-order valence-electron chi connectivity index (χ2n) is 6.19. The van der Waals surface area contributed by atoms with Crippen LogP contribution in [-0.2, 0) is 17.6 Å². The molecule has 3 aromatic rings. The van der Waals surface area contributed by atoms with Crippen molar-refractivity contribution in [3.63, 3.8) is 0 Å². The minimum atomic E-state index is -0.248. The Labute approximate surface area is 150 Å². The fourth-order valence-corrected chi connectivity index (χ4v) is 3.41. The van der Waals surface area contributed by atoms with E-state index in [2.05, 4.69) is 5.32 Å². The van der Waals surface area contributed by atoms with E-state index >= 15 is 0 Å².